The first-order valence-electron chi connectivity index (χ1n) is 9.82. The molecule has 0 aliphatic carbocycles. The molecule has 5 aromatic rings. The fourth-order valence-corrected chi connectivity index (χ4v) is 3.62. The minimum absolute atomic E-state index is 0.162. The van der Waals surface area contributed by atoms with Gasteiger partial charge in [-0.25, -0.2) is 9.97 Å². The Morgan fingerprint density at radius 3 is 2.45 bits per heavy atom. The molecule has 0 saturated heterocycles. The molecule has 2 aromatic carbocycles. The molecular formula is C24H17N5O2. The van der Waals surface area contributed by atoms with Crippen LogP contribution in [0.15, 0.2) is 77.4 Å². The summed E-state index contributed by atoms with van der Waals surface area (Å²) in [5, 5.41) is 12.8. The predicted molar refractivity (Wildman–Crippen MR) is 117 cm³/mol. The summed E-state index contributed by atoms with van der Waals surface area (Å²) in [4.78, 5) is 22.2. The van der Waals surface area contributed by atoms with Gasteiger partial charge in [0.2, 0.25) is 0 Å². The van der Waals surface area contributed by atoms with Crippen LogP contribution >= 0.6 is 0 Å². The molecule has 5 rings (SSSR count). The lowest BCUT2D eigenvalue weighted by molar-refractivity contribution is 0.0996. The van der Waals surface area contributed by atoms with Gasteiger partial charge in [0.25, 0.3) is 5.91 Å². The Kier molecular flexibility index (Phi) is 4.65. The highest BCUT2D eigenvalue weighted by Gasteiger charge is 2.23. The van der Waals surface area contributed by atoms with Crippen LogP contribution in [-0.4, -0.2) is 20.4 Å². The summed E-state index contributed by atoms with van der Waals surface area (Å²) >= 11 is 0. The number of nitriles is 1. The molecule has 7 nitrogen and oxygen atoms in total. The van der Waals surface area contributed by atoms with Crippen molar-refractivity contribution in [2.45, 2.75) is 13.0 Å². The number of benzene rings is 2. The minimum Gasteiger partial charge on any atom is -0.459 e. The van der Waals surface area contributed by atoms with E-state index >= 15 is 0 Å². The molecule has 1 amide bonds. The van der Waals surface area contributed by atoms with Crippen LogP contribution in [0.2, 0.25) is 0 Å². The maximum Gasteiger partial charge on any atom is 0.292 e. The van der Waals surface area contributed by atoms with E-state index in [0.717, 1.165) is 11.1 Å². The van der Waals surface area contributed by atoms with Gasteiger partial charge in [-0.15, -0.1) is 0 Å². The number of nitrogens with one attached hydrogen (secondary N) is 1. The maximum atomic E-state index is 12.7. The Morgan fingerprint density at radius 1 is 1.00 bits per heavy atom. The van der Waals surface area contributed by atoms with Crippen LogP contribution in [0.1, 0.15) is 21.7 Å². The Labute approximate surface area is 177 Å². The number of aromatic nitrogens is 3. The molecule has 150 valence electrons. The van der Waals surface area contributed by atoms with E-state index < -0.39 is 5.91 Å². The number of anilines is 1. The van der Waals surface area contributed by atoms with E-state index in [4.69, 9.17) is 9.40 Å². The van der Waals surface area contributed by atoms with Crippen molar-refractivity contribution in [3.8, 4) is 6.07 Å². The second-order valence-corrected chi connectivity index (χ2v) is 7.04. The lowest BCUT2D eigenvalue weighted by Gasteiger charge is -2.11. The van der Waals surface area contributed by atoms with Crippen LogP contribution in [0, 0.1) is 11.3 Å². The lowest BCUT2D eigenvalue weighted by atomic mass is 10.1. The van der Waals surface area contributed by atoms with E-state index in [1.54, 1.807) is 12.1 Å². The highest BCUT2D eigenvalue weighted by molar-refractivity contribution is 6.05. The first-order chi connectivity index (χ1) is 15.2. The number of para-hydroxylation sites is 2. The molecule has 0 aliphatic heterocycles. The van der Waals surface area contributed by atoms with Gasteiger partial charge in [-0.2, -0.15) is 5.26 Å². The molecule has 0 spiro atoms. The molecular weight excluding hydrogens is 390 g/mol. The number of nitrogens with zero attached hydrogens (tertiary/aromatic N) is 4. The van der Waals surface area contributed by atoms with E-state index in [9.17, 15) is 10.1 Å². The molecule has 0 fully saturated rings. The van der Waals surface area contributed by atoms with Crippen molar-refractivity contribution in [3.63, 3.8) is 0 Å². The number of aryl methyl sites for hydroxylation is 2. The number of amides is 1. The zero-order chi connectivity index (χ0) is 21.2. The summed E-state index contributed by atoms with van der Waals surface area (Å²) in [6.07, 6.45) is 2.13. The summed E-state index contributed by atoms with van der Waals surface area (Å²) in [5.74, 6) is 0.0924. The monoisotopic (exact) mass is 407 g/mol. The molecule has 0 radical (unpaired) electrons. The van der Waals surface area contributed by atoms with E-state index in [0.29, 0.717) is 35.5 Å². The van der Waals surface area contributed by atoms with Gasteiger partial charge in [0.1, 0.15) is 23.0 Å². The Hall–Kier alpha value is -4.44. The number of carbonyl (C=O) groups excluding carboxylic acids is 1. The van der Waals surface area contributed by atoms with Gasteiger partial charge in [0.05, 0.1) is 17.3 Å². The van der Waals surface area contributed by atoms with Gasteiger partial charge in [-0.3, -0.25) is 4.79 Å². The van der Waals surface area contributed by atoms with Gasteiger partial charge in [-0.05, 0) is 36.2 Å². The molecule has 0 atom stereocenters. The standard InChI is InChI=1S/C24H17N5O2/c25-15-17-21-23(27-19-10-5-4-9-18(19)26-21)29(13-12-16-7-2-1-3-8-16)22(17)28-24(30)20-11-6-14-31-20/h1-11,14H,12-13H2,(H,28,30). The van der Waals surface area contributed by atoms with Gasteiger partial charge in [0, 0.05) is 6.54 Å². The van der Waals surface area contributed by atoms with Crippen molar-refractivity contribution in [1.82, 2.24) is 14.5 Å². The molecule has 0 bridgehead atoms. The third-order valence-corrected chi connectivity index (χ3v) is 5.11. The van der Waals surface area contributed by atoms with E-state index in [-0.39, 0.29) is 11.3 Å². The van der Waals surface area contributed by atoms with Crippen molar-refractivity contribution >= 4 is 33.9 Å². The van der Waals surface area contributed by atoms with Gasteiger partial charge >= 0.3 is 0 Å². The normalized spacial score (nSPS) is 10.9. The molecule has 3 heterocycles. The fourth-order valence-electron chi connectivity index (χ4n) is 3.62. The third-order valence-electron chi connectivity index (χ3n) is 5.11. The lowest BCUT2D eigenvalue weighted by Crippen LogP contribution is -2.16. The summed E-state index contributed by atoms with van der Waals surface area (Å²) in [6, 6.07) is 22.9. The number of fused-ring (bicyclic) bond motifs is 2. The van der Waals surface area contributed by atoms with Crippen LogP contribution < -0.4 is 5.32 Å². The summed E-state index contributed by atoms with van der Waals surface area (Å²) in [7, 11) is 0. The second-order valence-electron chi connectivity index (χ2n) is 7.04. The fraction of sp³-hybridized carbons (Fsp3) is 0.0833. The number of carbonyl (C=O) groups is 1. The van der Waals surface area contributed by atoms with Crippen molar-refractivity contribution in [2.24, 2.45) is 0 Å². The summed E-state index contributed by atoms with van der Waals surface area (Å²) in [5.41, 5.74) is 3.85. The summed E-state index contributed by atoms with van der Waals surface area (Å²) < 4.78 is 7.06. The minimum atomic E-state index is -0.435. The predicted octanol–water partition coefficient (Wildman–Crippen LogP) is 4.54. The highest BCUT2D eigenvalue weighted by atomic mass is 16.3. The average Bonchev–Trinajstić information content (AvgIpc) is 3.43. The van der Waals surface area contributed by atoms with Gasteiger partial charge < -0.3 is 14.3 Å². The molecule has 7 heteroatoms. The smallest absolute Gasteiger partial charge is 0.292 e. The number of hydrogen-bond acceptors (Lipinski definition) is 5. The van der Waals surface area contributed by atoms with Crippen LogP contribution in [0.4, 0.5) is 5.82 Å². The molecule has 0 unspecified atom stereocenters. The molecule has 0 aliphatic rings. The number of hydrogen-bond donors (Lipinski definition) is 1. The quantitative estimate of drug-likeness (QED) is 0.461. The van der Waals surface area contributed by atoms with Crippen LogP contribution in [-0.2, 0) is 13.0 Å². The maximum absolute atomic E-state index is 12.7. The van der Waals surface area contributed by atoms with Crippen molar-refractivity contribution in [3.05, 3.63) is 89.9 Å². The topological polar surface area (TPSA) is 96.7 Å². The molecule has 3 aromatic heterocycles. The van der Waals surface area contributed by atoms with Crippen molar-refractivity contribution < 1.29 is 9.21 Å². The van der Waals surface area contributed by atoms with E-state index in [2.05, 4.69) is 16.4 Å². The van der Waals surface area contributed by atoms with E-state index in [1.165, 1.54) is 6.26 Å². The van der Waals surface area contributed by atoms with E-state index in [1.807, 2.05) is 59.2 Å². The van der Waals surface area contributed by atoms with Gasteiger partial charge in [0.15, 0.2) is 11.4 Å². The first-order valence-corrected chi connectivity index (χ1v) is 9.82. The van der Waals surface area contributed by atoms with Crippen molar-refractivity contribution in [1.29, 1.82) is 5.26 Å². The third kappa shape index (κ3) is 3.40. The van der Waals surface area contributed by atoms with Crippen molar-refractivity contribution in [2.75, 3.05) is 5.32 Å². The summed E-state index contributed by atoms with van der Waals surface area (Å²) in [6.45, 7) is 0.517. The Morgan fingerprint density at radius 2 is 1.74 bits per heavy atom. The Bertz CT molecular complexity index is 1430. The largest absolute Gasteiger partial charge is 0.459 e. The number of furan rings is 1. The first kappa shape index (κ1) is 18.6. The molecule has 1 N–H and O–H groups in total. The zero-order valence-electron chi connectivity index (χ0n) is 16.4. The molecule has 0 saturated carbocycles. The second kappa shape index (κ2) is 7.76. The average molecular weight is 407 g/mol. The zero-order valence-corrected chi connectivity index (χ0v) is 16.4. The van der Waals surface area contributed by atoms with Crippen LogP contribution in [0.5, 0.6) is 0 Å². The number of rotatable bonds is 5. The van der Waals surface area contributed by atoms with Crippen LogP contribution in [0.3, 0.4) is 0 Å². The SMILES string of the molecule is N#Cc1c(NC(=O)c2ccco2)n(CCc2ccccc2)c2nc3ccccc3nc12. The molecule has 31 heavy (non-hydrogen) atoms. The van der Waals surface area contributed by atoms with Gasteiger partial charge in [-0.1, -0.05) is 42.5 Å². The Balaban J connectivity index is 1.66. The van der Waals surface area contributed by atoms with Crippen LogP contribution in [0.25, 0.3) is 22.2 Å². The highest BCUT2D eigenvalue weighted by Crippen LogP contribution is 2.30.